The van der Waals surface area contributed by atoms with Gasteiger partial charge < -0.3 is 10.1 Å². The van der Waals surface area contributed by atoms with Crippen molar-refractivity contribution >= 4 is 23.7 Å². The number of benzene rings is 2. The number of rotatable bonds is 6. The summed E-state index contributed by atoms with van der Waals surface area (Å²) < 4.78 is 4.80. The summed E-state index contributed by atoms with van der Waals surface area (Å²) in [6.07, 6.45) is 0. The van der Waals surface area contributed by atoms with E-state index in [0.29, 0.717) is 12.1 Å². The summed E-state index contributed by atoms with van der Waals surface area (Å²) in [4.78, 5) is 51.2. The molecule has 7 heteroatoms. The van der Waals surface area contributed by atoms with Gasteiger partial charge in [0.15, 0.2) is 6.04 Å². The van der Waals surface area contributed by atoms with Crippen LogP contribution < -0.4 is 5.32 Å². The van der Waals surface area contributed by atoms with Gasteiger partial charge in [0, 0.05) is 12.1 Å². The molecule has 0 aliphatic carbocycles. The first kappa shape index (κ1) is 20.3. The van der Waals surface area contributed by atoms with Gasteiger partial charge in [-0.25, -0.2) is 4.79 Å². The number of amides is 3. The molecule has 0 bridgehead atoms. The van der Waals surface area contributed by atoms with Gasteiger partial charge in [-0.2, -0.15) is 0 Å². The molecule has 0 saturated carbocycles. The molecule has 0 radical (unpaired) electrons. The van der Waals surface area contributed by atoms with E-state index in [2.05, 4.69) is 5.32 Å². The number of ether oxygens (including phenoxy) is 1. The second-order valence-electron chi connectivity index (χ2n) is 7.22. The Morgan fingerprint density at radius 1 is 1.00 bits per heavy atom. The van der Waals surface area contributed by atoms with Crippen molar-refractivity contribution in [1.82, 2.24) is 10.2 Å². The fraction of sp³-hybridized carbons (Fsp3) is 0.273. The Morgan fingerprint density at radius 3 is 2.28 bits per heavy atom. The van der Waals surface area contributed by atoms with Crippen LogP contribution in [0.25, 0.3) is 0 Å². The van der Waals surface area contributed by atoms with Gasteiger partial charge in [-0.15, -0.1) is 0 Å². The maximum absolute atomic E-state index is 12.8. The molecular weight excluding hydrogens is 372 g/mol. The van der Waals surface area contributed by atoms with Crippen molar-refractivity contribution in [3.63, 3.8) is 0 Å². The smallest absolute Gasteiger partial charge is 0.333 e. The Hall–Kier alpha value is -3.48. The normalized spacial score (nSPS) is 14.0. The largest absolute Gasteiger partial charge is 0.467 e. The van der Waals surface area contributed by atoms with Crippen molar-refractivity contribution in [3.05, 3.63) is 70.8 Å². The molecule has 0 spiro atoms. The highest BCUT2D eigenvalue weighted by Gasteiger charge is 2.36. The third-order valence-corrected chi connectivity index (χ3v) is 4.63. The van der Waals surface area contributed by atoms with Crippen molar-refractivity contribution in [2.24, 2.45) is 5.92 Å². The van der Waals surface area contributed by atoms with Crippen molar-refractivity contribution < 1.29 is 23.9 Å². The molecule has 7 nitrogen and oxygen atoms in total. The number of fused-ring (bicyclic) bond motifs is 1. The molecule has 0 saturated heterocycles. The zero-order valence-corrected chi connectivity index (χ0v) is 16.5. The maximum atomic E-state index is 12.8. The lowest BCUT2D eigenvalue weighted by Crippen LogP contribution is -2.34. The summed E-state index contributed by atoms with van der Waals surface area (Å²) in [5, 5.41) is 2.64. The predicted molar refractivity (Wildman–Crippen MR) is 105 cm³/mol. The molecule has 2 aromatic rings. The second kappa shape index (κ2) is 8.26. The Kier molecular flexibility index (Phi) is 5.77. The van der Waals surface area contributed by atoms with E-state index in [1.165, 1.54) is 30.2 Å². The second-order valence-corrected chi connectivity index (χ2v) is 7.22. The minimum Gasteiger partial charge on any atom is -0.467 e. The monoisotopic (exact) mass is 394 g/mol. The Morgan fingerprint density at radius 2 is 1.66 bits per heavy atom. The molecule has 1 N–H and O–H groups in total. The van der Waals surface area contributed by atoms with Crippen LogP contribution in [0.5, 0.6) is 0 Å². The fourth-order valence-electron chi connectivity index (χ4n) is 3.22. The number of carbonyl (C=O) groups is 4. The van der Waals surface area contributed by atoms with Crippen molar-refractivity contribution in [1.29, 1.82) is 0 Å². The third-order valence-electron chi connectivity index (χ3n) is 4.63. The van der Waals surface area contributed by atoms with E-state index in [0.717, 1.165) is 0 Å². The van der Waals surface area contributed by atoms with Gasteiger partial charge in [-0.05, 0) is 29.7 Å². The molecule has 0 fully saturated rings. The van der Waals surface area contributed by atoms with Crippen LogP contribution >= 0.6 is 0 Å². The van der Waals surface area contributed by atoms with E-state index < -0.39 is 23.8 Å². The highest BCUT2D eigenvalue weighted by molar-refractivity contribution is 6.22. The number of imide groups is 1. The third kappa shape index (κ3) is 4.03. The lowest BCUT2D eigenvalue weighted by Gasteiger charge is -2.17. The van der Waals surface area contributed by atoms with E-state index in [1.807, 2.05) is 13.8 Å². The maximum Gasteiger partial charge on any atom is 0.333 e. The van der Waals surface area contributed by atoms with E-state index in [1.54, 1.807) is 30.3 Å². The zero-order chi connectivity index (χ0) is 21.1. The van der Waals surface area contributed by atoms with Crippen LogP contribution in [0.1, 0.15) is 56.5 Å². The molecule has 1 heterocycles. The first-order valence-corrected chi connectivity index (χ1v) is 9.27. The molecule has 1 unspecified atom stereocenters. The predicted octanol–water partition coefficient (Wildman–Crippen LogP) is 2.58. The zero-order valence-electron chi connectivity index (χ0n) is 16.5. The van der Waals surface area contributed by atoms with Crippen LogP contribution in [0.15, 0.2) is 48.5 Å². The van der Waals surface area contributed by atoms with Crippen LogP contribution in [0, 0.1) is 5.92 Å². The standard InChI is InChI=1S/C22H22N2O5/c1-13(2)12-24-20(26)16-10-9-15(11-17(16)21(24)27)19(25)23-18(22(28)29-3)14-7-5-4-6-8-14/h4-11,13,18H,12H2,1-3H3,(H,23,25). The van der Waals surface area contributed by atoms with Crippen LogP contribution in [-0.4, -0.2) is 42.2 Å². The Labute approximate surface area is 168 Å². The first-order chi connectivity index (χ1) is 13.8. The molecule has 29 heavy (non-hydrogen) atoms. The van der Waals surface area contributed by atoms with Crippen LogP contribution in [0.2, 0.25) is 0 Å². The van der Waals surface area contributed by atoms with Crippen molar-refractivity contribution in [2.45, 2.75) is 19.9 Å². The summed E-state index contributed by atoms with van der Waals surface area (Å²) in [6, 6.07) is 12.1. The van der Waals surface area contributed by atoms with Gasteiger partial charge in [0.1, 0.15) is 0 Å². The van der Waals surface area contributed by atoms with E-state index in [-0.39, 0.29) is 28.5 Å². The summed E-state index contributed by atoms with van der Waals surface area (Å²) in [5.41, 5.74) is 1.22. The van der Waals surface area contributed by atoms with Crippen LogP contribution in [0.3, 0.4) is 0 Å². The van der Waals surface area contributed by atoms with Crippen molar-refractivity contribution in [3.8, 4) is 0 Å². The topological polar surface area (TPSA) is 92.8 Å². The van der Waals surface area contributed by atoms with Crippen LogP contribution in [-0.2, 0) is 9.53 Å². The number of hydrogen-bond acceptors (Lipinski definition) is 5. The molecule has 1 aliphatic heterocycles. The SMILES string of the molecule is COC(=O)C(NC(=O)c1ccc2c(c1)C(=O)N(CC(C)C)C2=O)c1ccccc1. The van der Waals surface area contributed by atoms with Gasteiger partial charge >= 0.3 is 5.97 Å². The number of carbonyl (C=O) groups excluding carboxylic acids is 4. The number of esters is 1. The molecule has 3 rings (SSSR count). The summed E-state index contributed by atoms with van der Waals surface area (Å²) in [6.45, 7) is 4.14. The average Bonchev–Trinajstić information content (AvgIpc) is 2.96. The van der Waals surface area contributed by atoms with Crippen LogP contribution in [0.4, 0.5) is 0 Å². The lowest BCUT2D eigenvalue weighted by molar-refractivity contribution is -0.143. The van der Waals surface area contributed by atoms with Crippen molar-refractivity contribution in [2.75, 3.05) is 13.7 Å². The molecule has 2 aromatic carbocycles. The summed E-state index contributed by atoms with van der Waals surface area (Å²) in [5.74, 6) is -1.80. The van der Waals surface area contributed by atoms with Gasteiger partial charge in [0.05, 0.1) is 18.2 Å². The highest BCUT2D eigenvalue weighted by Crippen LogP contribution is 2.25. The average molecular weight is 394 g/mol. The molecule has 1 aliphatic rings. The van der Waals surface area contributed by atoms with Gasteiger partial charge in [-0.1, -0.05) is 44.2 Å². The number of nitrogens with zero attached hydrogens (tertiary/aromatic N) is 1. The molecular formula is C22H22N2O5. The molecule has 0 aromatic heterocycles. The minimum absolute atomic E-state index is 0.131. The molecule has 3 amide bonds. The Bertz CT molecular complexity index is 968. The summed E-state index contributed by atoms with van der Waals surface area (Å²) in [7, 11) is 1.24. The quantitative estimate of drug-likeness (QED) is 0.600. The van der Waals surface area contributed by atoms with E-state index in [4.69, 9.17) is 4.74 Å². The van der Waals surface area contributed by atoms with Gasteiger partial charge in [0.25, 0.3) is 17.7 Å². The summed E-state index contributed by atoms with van der Waals surface area (Å²) >= 11 is 0. The van der Waals surface area contributed by atoms with Gasteiger partial charge in [-0.3, -0.25) is 19.3 Å². The van der Waals surface area contributed by atoms with E-state index >= 15 is 0 Å². The number of hydrogen-bond donors (Lipinski definition) is 1. The number of nitrogens with one attached hydrogen (secondary N) is 1. The Balaban J connectivity index is 1.86. The molecule has 1 atom stereocenters. The fourth-order valence-corrected chi connectivity index (χ4v) is 3.22. The molecule has 150 valence electrons. The first-order valence-electron chi connectivity index (χ1n) is 9.27. The number of methoxy groups -OCH3 is 1. The van der Waals surface area contributed by atoms with E-state index in [9.17, 15) is 19.2 Å². The minimum atomic E-state index is -0.989. The highest BCUT2D eigenvalue weighted by atomic mass is 16.5. The lowest BCUT2D eigenvalue weighted by atomic mass is 10.0. The van der Waals surface area contributed by atoms with Gasteiger partial charge in [0.2, 0.25) is 0 Å².